The van der Waals surface area contributed by atoms with E-state index in [4.69, 9.17) is 0 Å². The van der Waals surface area contributed by atoms with Gasteiger partial charge in [-0.05, 0) is 81.6 Å². The average molecular weight is 629 g/mol. The number of thiophene rings is 2. The molecule has 46 heavy (non-hydrogen) atoms. The molecular weight excluding hydrogens is 602 g/mol. The molecule has 0 saturated carbocycles. The van der Waals surface area contributed by atoms with E-state index in [1.54, 1.807) is 23.5 Å². The van der Waals surface area contributed by atoms with Crippen molar-refractivity contribution in [1.82, 2.24) is 0 Å². The summed E-state index contributed by atoms with van der Waals surface area (Å²) in [5, 5.41) is 5.95. The first-order chi connectivity index (χ1) is 22.7. The van der Waals surface area contributed by atoms with Gasteiger partial charge in [-0.3, -0.25) is 0 Å². The second-order valence-electron chi connectivity index (χ2n) is 12.1. The molecule has 0 atom stereocenters. The molecule has 2 aromatic heterocycles. The Balaban J connectivity index is 1.37. The molecule has 2 nitrogen and oxygen atoms in total. The number of benzene rings is 6. The van der Waals surface area contributed by atoms with Crippen molar-refractivity contribution in [3.63, 3.8) is 0 Å². The van der Waals surface area contributed by atoms with E-state index in [2.05, 4.69) is 119 Å². The largest absolute Gasteiger partial charge is 0.310 e. The van der Waals surface area contributed by atoms with Crippen LogP contribution >= 0.6 is 22.7 Å². The molecular formula is C40H26BFN2S2. The third-order valence-corrected chi connectivity index (χ3v) is 12.0. The maximum absolute atomic E-state index is 15.9. The van der Waals surface area contributed by atoms with Gasteiger partial charge < -0.3 is 9.80 Å². The smallest absolute Gasteiger partial charge is 0.252 e. The van der Waals surface area contributed by atoms with Gasteiger partial charge >= 0.3 is 0 Å². The molecule has 6 aromatic carbocycles. The molecule has 0 N–H and O–H groups in total. The topological polar surface area (TPSA) is 6.48 Å². The minimum Gasteiger partial charge on any atom is -0.310 e. The fourth-order valence-electron chi connectivity index (χ4n) is 7.83. The molecule has 0 spiro atoms. The van der Waals surface area contributed by atoms with Gasteiger partial charge in [0.05, 0.1) is 26.5 Å². The van der Waals surface area contributed by atoms with E-state index in [1.807, 2.05) is 23.5 Å². The Morgan fingerprint density at radius 1 is 0.609 bits per heavy atom. The Labute approximate surface area is 274 Å². The van der Waals surface area contributed by atoms with Crippen molar-refractivity contribution < 1.29 is 4.39 Å². The maximum Gasteiger partial charge on any atom is 0.252 e. The number of anilines is 6. The zero-order chi connectivity index (χ0) is 30.5. The zero-order valence-electron chi connectivity index (χ0n) is 25.0. The average Bonchev–Trinajstić information content (AvgIpc) is 3.74. The van der Waals surface area contributed by atoms with Gasteiger partial charge in [0.15, 0.2) is 0 Å². The fourth-order valence-corrected chi connectivity index (χ4v) is 10.2. The van der Waals surface area contributed by atoms with Crippen molar-refractivity contribution in [3.05, 3.63) is 138 Å². The number of halogens is 1. The molecule has 10 rings (SSSR count). The van der Waals surface area contributed by atoms with Crippen LogP contribution in [0.25, 0.3) is 30.3 Å². The number of hydrogen-bond acceptors (Lipinski definition) is 4. The van der Waals surface area contributed by atoms with Gasteiger partial charge in [-0.25, -0.2) is 4.39 Å². The number of aryl methyl sites for hydroxylation is 1. The third kappa shape index (κ3) is 3.46. The Morgan fingerprint density at radius 2 is 1.30 bits per heavy atom. The summed E-state index contributed by atoms with van der Waals surface area (Å²) >= 11 is 3.65. The lowest BCUT2D eigenvalue weighted by Gasteiger charge is -2.44. The number of nitrogens with zero attached hydrogens (tertiary/aromatic N) is 2. The highest BCUT2D eigenvalue weighted by Gasteiger charge is 2.45. The lowest BCUT2D eigenvalue weighted by atomic mass is 9.33. The van der Waals surface area contributed by atoms with Crippen LogP contribution in [0.5, 0.6) is 0 Å². The summed E-state index contributed by atoms with van der Waals surface area (Å²) in [6.45, 7) is 2.24. The van der Waals surface area contributed by atoms with E-state index >= 15 is 4.39 Å². The number of fused-ring (bicyclic) bond motifs is 10. The molecule has 0 amide bonds. The van der Waals surface area contributed by atoms with Crippen LogP contribution in [-0.4, -0.2) is 6.71 Å². The van der Waals surface area contributed by atoms with Gasteiger partial charge in [0.25, 0.3) is 6.71 Å². The van der Waals surface area contributed by atoms with Crippen LogP contribution in [0.3, 0.4) is 0 Å². The second kappa shape index (κ2) is 9.80. The number of hydrogen-bond donors (Lipinski definition) is 0. The first-order valence-electron chi connectivity index (χ1n) is 15.7. The van der Waals surface area contributed by atoms with Crippen LogP contribution in [-0.2, 0) is 6.42 Å². The molecule has 2 aliphatic heterocycles. The molecule has 0 aliphatic carbocycles. The Morgan fingerprint density at radius 3 is 2.13 bits per heavy atom. The van der Waals surface area contributed by atoms with Gasteiger partial charge in [-0.2, -0.15) is 0 Å². The quantitative estimate of drug-likeness (QED) is 0.180. The van der Waals surface area contributed by atoms with Crippen LogP contribution in [0.2, 0.25) is 0 Å². The van der Waals surface area contributed by atoms with E-state index in [0.29, 0.717) is 5.69 Å². The first kappa shape index (κ1) is 26.3. The molecule has 0 bridgehead atoms. The van der Waals surface area contributed by atoms with Crippen LogP contribution in [0.4, 0.5) is 38.5 Å². The zero-order valence-corrected chi connectivity index (χ0v) is 26.6. The summed E-state index contributed by atoms with van der Waals surface area (Å²) in [6.07, 6.45) is 1.000. The van der Waals surface area contributed by atoms with E-state index in [9.17, 15) is 0 Å². The fraction of sp³-hybridized carbons (Fsp3) is 0.0500. The molecule has 8 aromatic rings. The maximum atomic E-state index is 15.9. The standard InChI is InChI=1S/C40H26BFN2S2/c1-2-24-10-8-13-27-28-19-21-30-37(40(28)46-38(24)27)43(26-11-4-3-5-12-26)33-16-9-17-34-35(33)41(30)29-20-18-25-22-23-45-39(25)36(29)44(34)32-15-7-6-14-31(32)42/h3-23H,2H2,1H3. The Kier molecular flexibility index (Phi) is 5.61. The summed E-state index contributed by atoms with van der Waals surface area (Å²) in [5.74, 6) is -0.229. The van der Waals surface area contributed by atoms with E-state index < -0.39 is 0 Å². The molecule has 0 unspecified atom stereocenters. The Bertz CT molecular complexity index is 2520. The summed E-state index contributed by atoms with van der Waals surface area (Å²) in [5.41, 5.74) is 11.3. The molecule has 2 aliphatic rings. The molecule has 0 fully saturated rings. The van der Waals surface area contributed by atoms with Crippen LogP contribution in [0, 0.1) is 5.82 Å². The molecule has 0 radical (unpaired) electrons. The van der Waals surface area contributed by atoms with Crippen molar-refractivity contribution in [1.29, 1.82) is 0 Å². The monoisotopic (exact) mass is 628 g/mol. The van der Waals surface area contributed by atoms with Gasteiger partial charge in [-0.15, -0.1) is 22.7 Å². The lowest BCUT2D eigenvalue weighted by Crippen LogP contribution is -2.61. The van der Waals surface area contributed by atoms with Crippen LogP contribution in [0.1, 0.15) is 12.5 Å². The van der Waals surface area contributed by atoms with Gasteiger partial charge in [-0.1, -0.05) is 85.8 Å². The highest BCUT2D eigenvalue weighted by atomic mass is 32.1. The normalized spacial score (nSPS) is 13.4. The summed E-state index contributed by atoms with van der Waals surface area (Å²) in [6, 6.07) is 42.6. The van der Waals surface area contributed by atoms with Gasteiger partial charge in [0.1, 0.15) is 5.82 Å². The molecule has 218 valence electrons. The minimum atomic E-state index is -0.229. The lowest BCUT2D eigenvalue weighted by molar-refractivity contribution is 0.629. The van der Waals surface area contributed by atoms with Gasteiger partial charge in [0, 0.05) is 32.5 Å². The highest BCUT2D eigenvalue weighted by molar-refractivity contribution is 7.27. The summed E-state index contributed by atoms with van der Waals surface area (Å²) < 4.78 is 19.7. The van der Waals surface area contributed by atoms with Crippen molar-refractivity contribution in [2.45, 2.75) is 13.3 Å². The van der Waals surface area contributed by atoms with E-state index in [-0.39, 0.29) is 12.5 Å². The van der Waals surface area contributed by atoms with Crippen molar-refractivity contribution in [2.24, 2.45) is 0 Å². The van der Waals surface area contributed by atoms with Crippen molar-refractivity contribution in [2.75, 3.05) is 9.80 Å². The summed E-state index contributed by atoms with van der Waals surface area (Å²) in [4.78, 5) is 4.64. The SMILES string of the molecule is CCc1cccc2c1sc1c3c(ccc12)B1c2ccc4ccsc4c2N(c2ccccc2F)c2cccc(c21)N3c1ccccc1. The number of rotatable bonds is 3. The Hall–Kier alpha value is -4.91. The number of para-hydroxylation sites is 2. The summed E-state index contributed by atoms with van der Waals surface area (Å²) in [7, 11) is 0. The van der Waals surface area contributed by atoms with E-state index in [1.165, 1.54) is 57.9 Å². The van der Waals surface area contributed by atoms with Crippen molar-refractivity contribution >= 4 is 110 Å². The third-order valence-electron chi connectivity index (χ3n) is 9.77. The highest BCUT2D eigenvalue weighted by Crippen LogP contribution is 2.50. The first-order valence-corrected chi connectivity index (χ1v) is 17.4. The van der Waals surface area contributed by atoms with Gasteiger partial charge in [0.2, 0.25) is 0 Å². The predicted molar refractivity (Wildman–Crippen MR) is 198 cm³/mol. The van der Waals surface area contributed by atoms with E-state index in [0.717, 1.165) is 29.2 Å². The van der Waals surface area contributed by atoms with Crippen LogP contribution in [0.15, 0.2) is 127 Å². The molecule has 4 heterocycles. The molecule has 6 heteroatoms. The second-order valence-corrected chi connectivity index (χ2v) is 14.0. The molecule has 0 saturated heterocycles. The van der Waals surface area contributed by atoms with Crippen LogP contribution < -0.4 is 26.2 Å². The predicted octanol–water partition coefficient (Wildman–Crippen LogP) is 10.1. The minimum absolute atomic E-state index is 0.00839. The van der Waals surface area contributed by atoms with Crippen molar-refractivity contribution in [3.8, 4) is 0 Å².